The van der Waals surface area contributed by atoms with Crippen LogP contribution in [0.2, 0.25) is 0 Å². The highest BCUT2D eigenvalue weighted by Gasteiger charge is 2.20. The molecule has 2 N–H and O–H groups in total. The zero-order valence-corrected chi connectivity index (χ0v) is 15.7. The van der Waals surface area contributed by atoms with Crippen LogP contribution in [0.3, 0.4) is 0 Å². The van der Waals surface area contributed by atoms with Crippen molar-refractivity contribution < 1.29 is 9.59 Å². The molecule has 6 heteroatoms. The lowest BCUT2D eigenvalue weighted by Gasteiger charge is -2.27. The van der Waals surface area contributed by atoms with Gasteiger partial charge in [-0.1, -0.05) is 26.8 Å². The molecule has 1 aromatic carbocycles. The van der Waals surface area contributed by atoms with Crippen LogP contribution < -0.4 is 10.6 Å². The average Bonchev–Trinajstić information content (AvgIpc) is 2.43. The number of hydrogen-bond acceptors (Lipinski definition) is 3. The summed E-state index contributed by atoms with van der Waals surface area (Å²) in [7, 11) is 1.80. The third-order valence-corrected chi connectivity index (χ3v) is 3.85. The lowest BCUT2D eigenvalue weighted by molar-refractivity contribution is 0.0745. The molecule has 5 nitrogen and oxygen atoms in total. The lowest BCUT2D eigenvalue weighted by atomic mass is 9.96. The summed E-state index contributed by atoms with van der Waals surface area (Å²) in [6, 6.07) is 6.94. The van der Waals surface area contributed by atoms with Gasteiger partial charge in [-0.3, -0.25) is 9.59 Å². The average molecular weight is 354 g/mol. The summed E-state index contributed by atoms with van der Waals surface area (Å²) >= 11 is 0. The Bertz CT molecular complexity index is 580. The van der Waals surface area contributed by atoms with Crippen molar-refractivity contribution in [1.29, 1.82) is 0 Å². The van der Waals surface area contributed by atoms with Crippen LogP contribution in [0, 0.1) is 11.3 Å². The molecule has 1 aromatic rings. The first kappa shape index (κ1) is 20.5. The molecular formula is C18H28ClN3O2. The van der Waals surface area contributed by atoms with E-state index in [1.807, 2.05) is 0 Å². The zero-order chi connectivity index (χ0) is 17.0. The third kappa shape index (κ3) is 5.80. The first-order valence-electron chi connectivity index (χ1n) is 8.11. The number of halogens is 1. The second-order valence-corrected chi connectivity index (χ2v) is 7.54. The second-order valence-electron chi connectivity index (χ2n) is 7.54. The van der Waals surface area contributed by atoms with E-state index in [4.69, 9.17) is 0 Å². The number of nitrogens with one attached hydrogen (secondary N) is 2. The molecule has 1 saturated heterocycles. The fourth-order valence-electron chi connectivity index (χ4n) is 2.63. The highest BCUT2D eigenvalue weighted by Crippen LogP contribution is 2.16. The molecule has 0 atom stereocenters. The van der Waals surface area contributed by atoms with Gasteiger partial charge in [-0.25, -0.2) is 0 Å². The van der Waals surface area contributed by atoms with E-state index < -0.39 is 0 Å². The molecule has 1 heterocycles. The summed E-state index contributed by atoms with van der Waals surface area (Å²) in [6.45, 7) is 9.53. The van der Waals surface area contributed by atoms with Gasteiger partial charge in [0.25, 0.3) is 11.8 Å². The van der Waals surface area contributed by atoms with E-state index in [9.17, 15) is 9.59 Å². The number of carbonyl (C=O) groups is 2. The Morgan fingerprint density at radius 1 is 1.25 bits per heavy atom. The van der Waals surface area contributed by atoms with Gasteiger partial charge in [0, 0.05) is 50.3 Å². The lowest BCUT2D eigenvalue weighted by Crippen LogP contribution is -2.48. The van der Waals surface area contributed by atoms with Gasteiger partial charge in [-0.15, -0.1) is 12.4 Å². The summed E-state index contributed by atoms with van der Waals surface area (Å²) in [5.74, 6) is 0.337. The maximum absolute atomic E-state index is 12.5. The van der Waals surface area contributed by atoms with Crippen molar-refractivity contribution in [2.45, 2.75) is 20.8 Å². The maximum Gasteiger partial charge on any atom is 0.253 e. The molecule has 1 aliphatic rings. The standard InChI is InChI=1S/C18H27N3O2.ClH/c1-18(2,3)12-21(4)17(23)15-7-5-6-14(8-15)16(22)20-11-13-9-19-10-13;/h5-8,13,19H,9-12H2,1-4H3,(H,20,22);1H. The largest absolute Gasteiger partial charge is 0.352 e. The number of rotatable bonds is 5. The molecular weight excluding hydrogens is 326 g/mol. The quantitative estimate of drug-likeness (QED) is 0.852. The normalized spacial score (nSPS) is 14.3. The van der Waals surface area contributed by atoms with E-state index in [1.54, 1.807) is 36.2 Å². The van der Waals surface area contributed by atoms with E-state index >= 15 is 0 Å². The van der Waals surface area contributed by atoms with Crippen LogP contribution in [0.1, 0.15) is 41.5 Å². The smallest absolute Gasteiger partial charge is 0.253 e. The van der Waals surface area contributed by atoms with Gasteiger partial charge < -0.3 is 15.5 Å². The van der Waals surface area contributed by atoms with Crippen LogP contribution in [0.25, 0.3) is 0 Å². The Morgan fingerprint density at radius 2 is 1.88 bits per heavy atom. The van der Waals surface area contributed by atoms with Crippen LogP contribution in [0.4, 0.5) is 0 Å². The number of hydrogen-bond donors (Lipinski definition) is 2. The molecule has 0 aromatic heterocycles. The van der Waals surface area contributed by atoms with Crippen molar-refractivity contribution in [2.24, 2.45) is 11.3 Å². The van der Waals surface area contributed by atoms with Crippen LogP contribution in [0.5, 0.6) is 0 Å². The number of carbonyl (C=O) groups excluding carboxylic acids is 2. The summed E-state index contributed by atoms with van der Waals surface area (Å²) < 4.78 is 0. The van der Waals surface area contributed by atoms with Crippen LogP contribution in [-0.2, 0) is 0 Å². The van der Waals surface area contributed by atoms with E-state index in [1.165, 1.54) is 0 Å². The molecule has 134 valence electrons. The van der Waals surface area contributed by atoms with Crippen LogP contribution >= 0.6 is 12.4 Å². The molecule has 24 heavy (non-hydrogen) atoms. The summed E-state index contributed by atoms with van der Waals surface area (Å²) in [4.78, 5) is 26.4. The predicted molar refractivity (Wildman–Crippen MR) is 98.8 cm³/mol. The molecule has 1 fully saturated rings. The minimum absolute atomic E-state index is 0. The molecule has 0 spiro atoms. The van der Waals surface area contributed by atoms with E-state index in [0.29, 0.717) is 30.1 Å². The minimum atomic E-state index is -0.120. The third-order valence-electron chi connectivity index (χ3n) is 3.85. The van der Waals surface area contributed by atoms with E-state index in [-0.39, 0.29) is 29.6 Å². The van der Waals surface area contributed by atoms with Crippen molar-refractivity contribution in [1.82, 2.24) is 15.5 Å². The number of benzene rings is 1. The SMILES string of the molecule is CN(CC(C)(C)C)C(=O)c1cccc(C(=O)NCC2CNC2)c1.Cl. The first-order chi connectivity index (χ1) is 10.8. The molecule has 0 radical (unpaired) electrons. The second kappa shape index (κ2) is 8.49. The Balaban J connectivity index is 0.00000288. The van der Waals surface area contributed by atoms with E-state index in [2.05, 4.69) is 31.4 Å². The van der Waals surface area contributed by atoms with Gasteiger partial charge in [0.15, 0.2) is 0 Å². The Morgan fingerprint density at radius 3 is 2.42 bits per heavy atom. The van der Waals surface area contributed by atoms with Crippen molar-refractivity contribution in [2.75, 3.05) is 33.2 Å². The van der Waals surface area contributed by atoms with Gasteiger partial charge >= 0.3 is 0 Å². The molecule has 1 aliphatic heterocycles. The van der Waals surface area contributed by atoms with Gasteiger partial charge in [-0.05, 0) is 23.6 Å². The molecule has 2 rings (SSSR count). The number of amides is 2. The predicted octanol–water partition coefficient (Wildman–Crippen LogP) is 2.18. The Labute approximate surface area is 150 Å². The van der Waals surface area contributed by atoms with Crippen molar-refractivity contribution in [3.63, 3.8) is 0 Å². The molecule has 0 saturated carbocycles. The fourth-order valence-corrected chi connectivity index (χ4v) is 2.63. The van der Waals surface area contributed by atoms with E-state index in [0.717, 1.165) is 13.1 Å². The Kier molecular flexibility index (Phi) is 7.24. The van der Waals surface area contributed by atoms with Crippen molar-refractivity contribution >= 4 is 24.2 Å². The summed E-state index contributed by atoms with van der Waals surface area (Å²) in [6.07, 6.45) is 0. The topological polar surface area (TPSA) is 61.4 Å². The number of nitrogens with zero attached hydrogens (tertiary/aromatic N) is 1. The highest BCUT2D eigenvalue weighted by molar-refractivity contribution is 5.99. The monoisotopic (exact) mass is 353 g/mol. The molecule has 0 unspecified atom stereocenters. The highest BCUT2D eigenvalue weighted by atomic mass is 35.5. The Hall–Kier alpha value is -1.59. The van der Waals surface area contributed by atoms with Crippen molar-refractivity contribution in [3.05, 3.63) is 35.4 Å². The van der Waals surface area contributed by atoms with Crippen LogP contribution in [-0.4, -0.2) is 49.9 Å². The fraction of sp³-hybridized carbons (Fsp3) is 0.556. The summed E-state index contributed by atoms with van der Waals surface area (Å²) in [5.41, 5.74) is 1.12. The van der Waals surface area contributed by atoms with Gasteiger partial charge in [0.05, 0.1) is 0 Å². The van der Waals surface area contributed by atoms with Gasteiger partial charge in [0.1, 0.15) is 0 Å². The summed E-state index contributed by atoms with van der Waals surface area (Å²) in [5, 5.41) is 6.11. The van der Waals surface area contributed by atoms with Crippen LogP contribution in [0.15, 0.2) is 24.3 Å². The van der Waals surface area contributed by atoms with Gasteiger partial charge in [-0.2, -0.15) is 0 Å². The molecule has 2 amide bonds. The minimum Gasteiger partial charge on any atom is -0.352 e. The molecule has 0 bridgehead atoms. The van der Waals surface area contributed by atoms with Crippen molar-refractivity contribution in [3.8, 4) is 0 Å². The zero-order valence-electron chi connectivity index (χ0n) is 14.9. The first-order valence-corrected chi connectivity index (χ1v) is 8.11. The molecule has 0 aliphatic carbocycles. The maximum atomic E-state index is 12.5. The van der Waals surface area contributed by atoms with Gasteiger partial charge in [0.2, 0.25) is 0 Å².